The highest BCUT2D eigenvalue weighted by atomic mass is 19.2. The zero-order valence-electron chi connectivity index (χ0n) is 10.8. The third kappa shape index (κ3) is 2.44. The van der Waals surface area contributed by atoms with E-state index in [1.54, 1.807) is 4.57 Å². The van der Waals surface area contributed by atoms with E-state index < -0.39 is 23.0 Å². The molecule has 0 spiro atoms. The maximum atomic E-state index is 13.4. The molecule has 3 rings (SSSR count). The van der Waals surface area contributed by atoms with Gasteiger partial charge in [0.25, 0.3) is 0 Å². The van der Waals surface area contributed by atoms with Crippen LogP contribution in [0.25, 0.3) is 17.0 Å². The molecule has 108 valence electrons. The van der Waals surface area contributed by atoms with Crippen molar-refractivity contribution in [2.45, 2.75) is 18.9 Å². The Kier molecular flexibility index (Phi) is 3.08. The first-order valence-corrected chi connectivity index (χ1v) is 6.42. The molecule has 0 aliphatic heterocycles. The van der Waals surface area contributed by atoms with Gasteiger partial charge in [0.2, 0.25) is 0 Å². The molecular weight excluding hydrogens is 280 g/mol. The van der Waals surface area contributed by atoms with Crippen molar-refractivity contribution in [2.24, 2.45) is 0 Å². The van der Waals surface area contributed by atoms with Crippen LogP contribution in [-0.4, -0.2) is 15.6 Å². The molecule has 0 unspecified atom stereocenters. The number of carbonyl (C=O) groups is 1. The Balaban J connectivity index is 2.31. The number of rotatable bonds is 3. The molecule has 1 heterocycles. The maximum Gasteiger partial charge on any atom is 0.328 e. The highest BCUT2D eigenvalue weighted by molar-refractivity contribution is 5.87. The number of carboxylic acids is 1. The highest BCUT2D eigenvalue weighted by Gasteiger charge is 2.25. The summed E-state index contributed by atoms with van der Waals surface area (Å²) in [5.41, 5.74) is -0.0463. The van der Waals surface area contributed by atoms with E-state index in [1.807, 2.05) is 0 Å². The van der Waals surface area contributed by atoms with Crippen molar-refractivity contribution >= 4 is 22.9 Å². The molecule has 2 aromatic rings. The topological polar surface area (TPSA) is 59.3 Å². The molecule has 4 nitrogen and oxygen atoms in total. The van der Waals surface area contributed by atoms with Gasteiger partial charge in [-0.15, -0.1) is 0 Å². The molecule has 1 aliphatic rings. The molecule has 1 N–H and O–H groups in total. The Hall–Kier alpha value is -2.50. The zero-order chi connectivity index (χ0) is 15.1. The number of halogens is 2. The van der Waals surface area contributed by atoms with Crippen LogP contribution < -0.4 is 5.43 Å². The van der Waals surface area contributed by atoms with Gasteiger partial charge in [-0.05, 0) is 25.0 Å². The van der Waals surface area contributed by atoms with E-state index in [9.17, 15) is 18.4 Å². The maximum absolute atomic E-state index is 13.4. The van der Waals surface area contributed by atoms with Crippen molar-refractivity contribution in [1.82, 2.24) is 4.57 Å². The quantitative estimate of drug-likeness (QED) is 0.885. The van der Waals surface area contributed by atoms with Crippen LogP contribution in [-0.2, 0) is 4.79 Å². The third-order valence-corrected chi connectivity index (χ3v) is 3.45. The lowest BCUT2D eigenvalue weighted by Crippen LogP contribution is -2.13. The summed E-state index contributed by atoms with van der Waals surface area (Å²) in [4.78, 5) is 22.8. The molecule has 0 bridgehead atoms. The second-order valence-corrected chi connectivity index (χ2v) is 5.01. The highest BCUT2D eigenvalue weighted by Crippen LogP contribution is 2.37. The lowest BCUT2D eigenvalue weighted by Gasteiger charge is -2.11. The van der Waals surface area contributed by atoms with E-state index >= 15 is 0 Å². The lowest BCUT2D eigenvalue weighted by atomic mass is 10.1. The van der Waals surface area contributed by atoms with Crippen LogP contribution in [0.1, 0.15) is 24.4 Å². The van der Waals surface area contributed by atoms with E-state index in [0.29, 0.717) is 5.52 Å². The van der Waals surface area contributed by atoms with E-state index in [0.717, 1.165) is 31.1 Å². The average Bonchev–Trinajstić information content (AvgIpc) is 3.25. The second kappa shape index (κ2) is 4.80. The van der Waals surface area contributed by atoms with Crippen molar-refractivity contribution in [3.05, 3.63) is 51.8 Å². The first-order chi connectivity index (χ1) is 9.97. The van der Waals surface area contributed by atoms with Crippen molar-refractivity contribution in [1.29, 1.82) is 0 Å². The number of hydrogen-bond donors (Lipinski definition) is 1. The fraction of sp³-hybridized carbons (Fsp3) is 0.200. The molecule has 1 fully saturated rings. The molecule has 1 aliphatic carbocycles. The first kappa shape index (κ1) is 13.5. The largest absolute Gasteiger partial charge is 0.478 e. The summed E-state index contributed by atoms with van der Waals surface area (Å²) in [7, 11) is 0. The lowest BCUT2D eigenvalue weighted by molar-refractivity contribution is -0.131. The number of fused-ring (bicyclic) bond motifs is 1. The molecule has 0 amide bonds. The van der Waals surface area contributed by atoms with Crippen LogP contribution in [0.3, 0.4) is 0 Å². The number of nitrogens with zero attached hydrogens (tertiary/aromatic N) is 1. The molecule has 0 atom stereocenters. The van der Waals surface area contributed by atoms with Crippen LogP contribution in [0.5, 0.6) is 0 Å². The summed E-state index contributed by atoms with van der Waals surface area (Å²) in [6.45, 7) is 0. The Morgan fingerprint density at radius 3 is 2.57 bits per heavy atom. The fourth-order valence-electron chi connectivity index (χ4n) is 2.30. The number of aromatic nitrogens is 1. The SMILES string of the molecule is O=C(O)C=Cc1cn(C2CC2)c2cc(F)c(F)cc2c1=O. The number of benzene rings is 1. The first-order valence-electron chi connectivity index (χ1n) is 6.42. The normalized spacial score (nSPS) is 15.0. The van der Waals surface area contributed by atoms with Gasteiger partial charge in [-0.25, -0.2) is 13.6 Å². The molecule has 1 saturated carbocycles. The van der Waals surface area contributed by atoms with Gasteiger partial charge in [0, 0.05) is 35.3 Å². The average molecular weight is 291 g/mol. The van der Waals surface area contributed by atoms with E-state index in [1.165, 1.54) is 12.3 Å². The second-order valence-electron chi connectivity index (χ2n) is 5.01. The predicted molar refractivity (Wildman–Crippen MR) is 73.1 cm³/mol. The van der Waals surface area contributed by atoms with Gasteiger partial charge in [0.15, 0.2) is 17.1 Å². The minimum Gasteiger partial charge on any atom is -0.478 e. The van der Waals surface area contributed by atoms with Gasteiger partial charge in [-0.1, -0.05) is 0 Å². The minimum absolute atomic E-state index is 0.0494. The monoisotopic (exact) mass is 291 g/mol. The number of hydrogen-bond acceptors (Lipinski definition) is 2. The number of carboxylic acid groups (broad SMARTS) is 1. The Bertz CT molecular complexity index is 835. The van der Waals surface area contributed by atoms with Crippen LogP contribution in [0.2, 0.25) is 0 Å². The Morgan fingerprint density at radius 2 is 1.95 bits per heavy atom. The van der Waals surface area contributed by atoms with Gasteiger partial charge < -0.3 is 9.67 Å². The Morgan fingerprint density at radius 1 is 1.29 bits per heavy atom. The molecule has 0 radical (unpaired) electrons. The summed E-state index contributed by atoms with van der Waals surface area (Å²) < 4.78 is 28.5. The Labute approximate surface area is 117 Å². The van der Waals surface area contributed by atoms with Crippen LogP contribution in [0.4, 0.5) is 8.78 Å². The smallest absolute Gasteiger partial charge is 0.328 e. The van der Waals surface area contributed by atoms with Crippen LogP contribution in [0, 0.1) is 11.6 Å². The summed E-state index contributed by atoms with van der Waals surface area (Å²) in [6.07, 6.45) is 5.29. The van der Waals surface area contributed by atoms with Gasteiger partial charge in [-0.2, -0.15) is 0 Å². The molecule has 1 aromatic carbocycles. The van der Waals surface area contributed by atoms with Gasteiger partial charge in [0.05, 0.1) is 5.52 Å². The van der Waals surface area contributed by atoms with Crippen molar-refractivity contribution in [3.8, 4) is 0 Å². The predicted octanol–water partition coefficient (Wildman–Crippen LogP) is 2.71. The number of aliphatic carboxylic acids is 1. The molecule has 6 heteroatoms. The number of pyridine rings is 1. The summed E-state index contributed by atoms with van der Waals surface area (Å²) >= 11 is 0. The zero-order valence-corrected chi connectivity index (χ0v) is 10.8. The fourth-order valence-corrected chi connectivity index (χ4v) is 2.30. The van der Waals surface area contributed by atoms with Gasteiger partial charge in [-0.3, -0.25) is 4.79 Å². The molecule has 0 saturated heterocycles. The minimum atomic E-state index is -1.18. The van der Waals surface area contributed by atoms with Crippen LogP contribution in [0.15, 0.2) is 29.2 Å². The molecular formula is C15H11F2NO3. The van der Waals surface area contributed by atoms with Crippen molar-refractivity contribution < 1.29 is 18.7 Å². The third-order valence-electron chi connectivity index (χ3n) is 3.45. The molecule has 1 aromatic heterocycles. The van der Waals surface area contributed by atoms with Crippen molar-refractivity contribution in [2.75, 3.05) is 0 Å². The summed E-state index contributed by atoms with van der Waals surface area (Å²) in [5, 5.41) is 8.69. The van der Waals surface area contributed by atoms with E-state index in [2.05, 4.69) is 0 Å². The molecule has 21 heavy (non-hydrogen) atoms. The van der Waals surface area contributed by atoms with E-state index in [-0.39, 0.29) is 17.0 Å². The summed E-state index contributed by atoms with van der Waals surface area (Å²) in [5.74, 6) is -3.29. The van der Waals surface area contributed by atoms with Crippen molar-refractivity contribution in [3.63, 3.8) is 0 Å². The van der Waals surface area contributed by atoms with Crippen LogP contribution >= 0.6 is 0 Å². The van der Waals surface area contributed by atoms with Gasteiger partial charge in [0.1, 0.15) is 0 Å². The standard InChI is InChI=1S/C15H11F2NO3/c16-11-5-10-13(6-12(11)17)18(9-2-3-9)7-8(15(10)21)1-4-14(19)20/h1,4-7,9H,2-3H2,(H,19,20). The summed E-state index contributed by atoms with van der Waals surface area (Å²) in [6, 6.07) is 2.01. The van der Waals surface area contributed by atoms with E-state index in [4.69, 9.17) is 5.11 Å². The van der Waals surface area contributed by atoms with Gasteiger partial charge >= 0.3 is 5.97 Å².